The second-order valence-corrected chi connectivity index (χ2v) is 4.50. The van der Waals surface area contributed by atoms with Gasteiger partial charge in [-0.25, -0.2) is 4.98 Å². The average molecular weight is 251 g/mol. The van der Waals surface area contributed by atoms with E-state index in [2.05, 4.69) is 36.7 Å². The first-order chi connectivity index (χ1) is 9.15. The minimum Gasteiger partial charge on any atom is -0.481 e. The summed E-state index contributed by atoms with van der Waals surface area (Å²) in [6.45, 7) is 6.49. The summed E-state index contributed by atoms with van der Waals surface area (Å²) >= 11 is 0. The maximum Gasteiger partial charge on any atom is 0.149 e. The summed E-state index contributed by atoms with van der Waals surface area (Å²) in [6.07, 6.45) is 0. The maximum atomic E-state index is 5.59. The third kappa shape index (κ3) is 3.86. The highest BCUT2D eigenvalue weighted by atomic mass is 16.5. The highest BCUT2D eigenvalue weighted by Crippen LogP contribution is 2.15. The smallest absolute Gasteiger partial charge is 0.149 e. The van der Waals surface area contributed by atoms with Crippen LogP contribution in [0.4, 0.5) is 0 Å². The van der Waals surface area contributed by atoms with Crippen LogP contribution in [0.25, 0.3) is 0 Å². The summed E-state index contributed by atoms with van der Waals surface area (Å²) in [5, 5.41) is 0. The molecule has 0 spiro atoms. The Morgan fingerprint density at radius 3 is 2.63 bits per heavy atom. The quantitative estimate of drug-likeness (QED) is 0.763. The molecule has 2 aromatic rings. The van der Waals surface area contributed by atoms with Crippen molar-refractivity contribution in [3.63, 3.8) is 0 Å². The molecule has 0 aliphatic rings. The molecule has 0 aliphatic carbocycles. The van der Waals surface area contributed by atoms with Crippen molar-refractivity contribution in [2.45, 2.75) is 20.8 Å². The van der Waals surface area contributed by atoms with Crippen molar-refractivity contribution in [1.82, 2.24) is 4.98 Å². The van der Waals surface area contributed by atoms with Gasteiger partial charge in [-0.2, -0.15) is 0 Å². The van der Waals surface area contributed by atoms with Gasteiger partial charge in [0.2, 0.25) is 0 Å². The van der Waals surface area contributed by atoms with E-state index in [0.29, 0.717) is 6.61 Å². The minimum atomic E-state index is 0.373. The van der Waals surface area contributed by atoms with Crippen molar-refractivity contribution < 1.29 is 4.74 Å². The van der Waals surface area contributed by atoms with E-state index in [9.17, 15) is 0 Å². The van der Waals surface area contributed by atoms with Gasteiger partial charge in [-0.1, -0.05) is 18.1 Å². The average Bonchev–Trinajstić information content (AvgIpc) is 2.39. The van der Waals surface area contributed by atoms with Crippen LogP contribution in [0.3, 0.4) is 0 Å². The molecule has 0 amide bonds. The number of benzene rings is 1. The van der Waals surface area contributed by atoms with Crippen LogP contribution < -0.4 is 4.74 Å². The van der Waals surface area contributed by atoms with Crippen molar-refractivity contribution >= 4 is 0 Å². The van der Waals surface area contributed by atoms with E-state index in [1.54, 1.807) is 0 Å². The van der Waals surface area contributed by atoms with Gasteiger partial charge in [0.05, 0.1) is 0 Å². The molecule has 19 heavy (non-hydrogen) atoms. The zero-order chi connectivity index (χ0) is 13.7. The summed E-state index contributed by atoms with van der Waals surface area (Å²) in [4.78, 5) is 4.31. The van der Waals surface area contributed by atoms with E-state index in [1.165, 1.54) is 11.1 Å². The fourth-order valence-electron chi connectivity index (χ4n) is 1.66. The lowest BCUT2D eigenvalue weighted by Gasteiger charge is -2.04. The molecule has 1 aromatic carbocycles. The van der Waals surface area contributed by atoms with Crippen molar-refractivity contribution in [3.05, 3.63) is 58.9 Å². The topological polar surface area (TPSA) is 22.1 Å². The monoisotopic (exact) mass is 251 g/mol. The Bertz CT molecular complexity index is 635. The molecule has 0 bridgehead atoms. The number of aryl methyl sites for hydroxylation is 3. The summed E-state index contributed by atoms with van der Waals surface area (Å²) in [6, 6.07) is 11.9. The number of hydrogen-bond donors (Lipinski definition) is 0. The molecule has 2 heteroatoms. The number of aromatic nitrogens is 1. The normalized spacial score (nSPS) is 9.63. The molecule has 0 saturated heterocycles. The first-order valence-corrected chi connectivity index (χ1v) is 6.28. The van der Waals surface area contributed by atoms with E-state index >= 15 is 0 Å². The number of hydrogen-bond acceptors (Lipinski definition) is 2. The Kier molecular flexibility index (Phi) is 4.20. The molecular weight excluding hydrogens is 234 g/mol. The highest BCUT2D eigenvalue weighted by Gasteiger charge is 1.95. The van der Waals surface area contributed by atoms with Crippen LogP contribution >= 0.6 is 0 Å². The van der Waals surface area contributed by atoms with Crippen LogP contribution in [-0.4, -0.2) is 11.6 Å². The molecule has 1 aromatic heterocycles. The highest BCUT2D eigenvalue weighted by molar-refractivity contribution is 5.34. The zero-order valence-corrected chi connectivity index (χ0v) is 11.5. The predicted octanol–water partition coefficient (Wildman–Crippen LogP) is 3.44. The van der Waals surface area contributed by atoms with Crippen LogP contribution in [0.5, 0.6) is 5.75 Å². The van der Waals surface area contributed by atoms with Crippen LogP contribution in [0, 0.1) is 32.6 Å². The number of nitrogens with zero attached hydrogens (tertiary/aromatic N) is 1. The molecule has 2 nitrogen and oxygen atoms in total. The van der Waals surface area contributed by atoms with Crippen molar-refractivity contribution in [1.29, 1.82) is 0 Å². The molecule has 0 N–H and O–H groups in total. The Balaban J connectivity index is 1.95. The van der Waals surface area contributed by atoms with Gasteiger partial charge in [0, 0.05) is 5.69 Å². The Morgan fingerprint density at radius 1 is 1.05 bits per heavy atom. The Hall–Kier alpha value is -2.27. The molecule has 0 aliphatic heterocycles. The van der Waals surface area contributed by atoms with Crippen LogP contribution in [0.15, 0.2) is 36.4 Å². The number of rotatable bonds is 2. The lowest BCUT2D eigenvalue weighted by molar-refractivity contribution is 0.370. The summed E-state index contributed by atoms with van der Waals surface area (Å²) in [5.41, 5.74) is 4.25. The van der Waals surface area contributed by atoms with E-state index in [4.69, 9.17) is 4.74 Å². The largest absolute Gasteiger partial charge is 0.481 e. The van der Waals surface area contributed by atoms with Gasteiger partial charge < -0.3 is 4.74 Å². The third-order valence-corrected chi connectivity index (χ3v) is 2.89. The van der Waals surface area contributed by atoms with Gasteiger partial charge in [-0.05, 0) is 62.1 Å². The molecule has 96 valence electrons. The molecule has 2 rings (SSSR count). The summed E-state index contributed by atoms with van der Waals surface area (Å²) < 4.78 is 5.59. The van der Waals surface area contributed by atoms with Gasteiger partial charge in [-0.3, -0.25) is 0 Å². The Labute approximate surface area is 114 Å². The molecule has 0 fully saturated rings. The molecule has 0 unspecified atom stereocenters. The van der Waals surface area contributed by atoms with Gasteiger partial charge >= 0.3 is 0 Å². The maximum absolute atomic E-state index is 5.59. The lowest BCUT2D eigenvalue weighted by Crippen LogP contribution is -1.95. The number of ether oxygens (including phenoxy) is 1. The SMILES string of the molecule is Cc1cccc(C#CCOc2ccc(C)c(C)c2)n1. The fourth-order valence-corrected chi connectivity index (χ4v) is 1.66. The summed E-state index contributed by atoms with van der Waals surface area (Å²) in [7, 11) is 0. The molecule has 0 saturated carbocycles. The molecule has 0 atom stereocenters. The lowest BCUT2D eigenvalue weighted by atomic mass is 10.1. The first-order valence-electron chi connectivity index (χ1n) is 6.28. The van der Waals surface area contributed by atoms with Crippen LogP contribution in [0.2, 0.25) is 0 Å². The standard InChI is InChI=1S/C17H17NO/c1-13-9-10-17(12-14(13)2)19-11-5-8-16-7-4-6-15(3)18-16/h4,6-7,9-10,12H,11H2,1-3H3. The van der Waals surface area contributed by atoms with Gasteiger partial charge in [-0.15, -0.1) is 0 Å². The number of pyridine rings is 1. The molecule has 1 heterocycles. The van der Waals surface area contributed by atoms with Gasteiger partial charge in [0.15, 0.2) is 0 Å². The minimum absolute atomic E-state index is 0.373. The molecular formula is C17H17NO. The Morgan fingerprint density at radius 2 is 1.89 bits per heavy atom. The third-order valence-electron chi connectivity index (χ3n) is 2.89. The van der Waals surface area contributed by atoms with Crippen LogP contribution in [-0.2, 0) is 0 Å². The second-order valence-electron chi connectivity index (χ2n) is 4.50. The van der Waals surface area contributed by atoms with E-state index < -0.39 is 0 Å². The van der Waals surface area contributed by atoms with Crippen molar-refractivity contribution in [2.24, 2.45) is 0 Å². The van der Waals surface area contributed by atoms with Crippen molar-refractivity contribution in [2.75, 3.05) is 6.61 Å². The van der Waals surface area contributed by atoms with E-state index in [1.807, 2.05) is 37.3 Å². The van der Waals surface area contributed by atoms with Gasteiger partial charge in [0.25, 0.3) is 0 Å². The van der Waals surface area contributed by atoms with Gasteiger partial charge in [0.1, 0.15) is 18.1 Å². The zero-order valence-electron chi connectivity index (χ0n) is 11.5. The van der Waals surface area contributed by atoms with E-state index in [0.717, 1.165) is 17.1 Å². The van der Waals surface area contributed by atoms with E-state index in [-0.39, 0.29) is 0 Å². The van der Waals surface area contributed by atoms with Crippen LogP contribution in [0.1, 0.15) is 22.5 Å². The summed E-state index contributed by atoms with van der Waals surface area (Å²) in [5.74, 6) is 6.83. The predicted molar refractivity (Wildman–Crippen MR) is 77.3 cm³/mol. The molecule has 0 radical (unpaired) electrons. The fraction of sp³-hybridized carbons (Fsp3) is 0.235. The van der Waals surface area contributed by atoms with Crippen molar-refractivity contribution in [3.8, 4) is 17.6 Å². The second kappa shape index (κ2) is 6.06. The first kappa shape index (κ1) is 13.2.